The Hall–Kier alpha value is -3.46. The first kappa shape index (κ1) is 21.3. The Morgan fingerprint density at radius 1 is 1.17 bits per heavy atom. The predicted octanol–water partition coefficient (Wildman–Crippen LogP) is 1.15. The van der Waals surface area contributed by atoms with E-state index in [0.717, 1.165) is 36.8 Å². The lowest BCUT2D eigenvalue weighted by atomic mass is 10.1. The van der Waals surface area contributed by atoms with Crippen LogP contribution in [0.5, 0.6) is 5.75 Å². The summed E-state index contributed by atoms with van der Waals surface area (Å²) in [5.41, 5.74) is 2.08. The van der Waals surface area contributed by atoms with Crippen LogP contribution in [0.4, 0.5) is 17.1 Å². The molecular weight excluding hydrogens is 388 g/mol. The van der Waals surface area contributed by atoms with Crippen molar-refractivity contribution < 1.29 is 24.1 Å². The molecule has 2 aromatic rings. The second kappa shape index (κ2) is 9.36. The van der Waals surface area contributed by atoms with Crippen molar-refractivity contribution in [2.45, 2.75) is 6.92 Å². The summed E-state index contributed by atoms with van der Waals surface area (Å²) in [6, 6.07) is 11.7. The number of nitrogens with zero attached hydrogens (tertiary/aromatic N) is 2. The fourth-order valence-electron chi connectivity index (χ4n) is 3.48. The molecule has 158 valence electrons. The third-order valence-corrected chi connectivity index (χ3v) is 5.19. The monoisotopic (exact) mass is 413 g/mol. The van der Waals surface area contributed by atoms with Crippen molar-refractivity contribution in [2.24, 2.45) is 0 Å². The van der Waals surface area contributed by atoms with Gasteiger partial charge in [0.05, 0.1) is 50.0 Å². The molecule has 1 heterocycles. The highest BCUT2D eigenvalue weighted by atomic mass is 16.6. The minimum Gasteiger partial charge on any atom is -0.494 e. The molecule has 0 aliphatic carbocycles. The number of hydrogen-bond donors (Lipinski definition) is 2. The van der Waals surface area contributed by atoms with Gasteiger partial charge in [0, 0.05) is 17.3 Å². The number of nitro groups is 1. The molecule has 2 aromatic carbocycles. The second-order valence-corrected chi connectivity index (χ2v) is 7.21. The predicted molar refractivity (Wildman–Crippen MR) is 113 cm³/mol. The molecule has 9 heteroatoms. The largest absolute Gasteiger partial charge is 0.494 e. The van der Waals surface area contributed by atoms with Gasteiger partial charge in [-0.15, -0.1) is 0 Å². The molecule has 9 nitrogen and oxygen atoms in total. The van der Waals surface area contributed by atoms with Crippen LogP contribution < -0.4 is 19.9 Å². The van der Waals surface area contributed by atoms with Crippen LogP contribution in [0.1, 0.15) is 17.3 Å². The van der Waals surface area contributed by atoms with E-state index in [1.54, 1.807) is 6.92 Å². The number of anilines is 2. The lowest BCUT2D eigenvalue weighted by Gasteiger charge is -2.33. The van der Waals surface area contributed by atoms with Crippen molar-refractivity contribution in [3.63, 3.8) is 0 Å². The minimum absolute atomic E-state index is 0.0477. The second-order valence-electron chi connectivity index (χ2n) is 7.21. The SMILES string of the molecule is COc1cc([N+](=O)[O-])ccc1NC(=O)C[NH+]1CCN(c2ccc(C(C)=O)cc2)CC1. The Kier molecular flexibility index (Phi) is 6.63. The summed E-state index contributed by atoms with van der Waals surface area (Å²) >= 11 is 0. The number of amides is 1. The number of carbonyl (C=O) groups is 2. The van der Waals surface area contributed by atoms with Crippen molar-refractivity contribution in [1.82, 2.24) is 0 Å². The maximum absolute atomic E-state index is 12.5. The Morgan fingerprint density at radius 3 is 2.40 bits per heavy atom. The van der Waals surface area contributed by atoms with Crippen LogP contribution in [0.2, 0.25) is 0 Å². The summed E-state index contributed by atoms with van der Waals surface area (Å²) in [5, 5.41) is 13.7. The molecule has 30 heavy (non-hydrogen) atoms. The zero-order valence-electron chi connectivity index (χ0n) is 17.0. The number of non-ortho nitro benzene ring substituents is 1. The minimum atomic E-state index is -0.509. The molecule has 1 amide bonds. The number of rotatable bonds is 7. The molecule has 1 aliphatic rings. The average molecular weight is 413 g/mol. The van der Waals surface area contributed by atoms with E-state index < -0.39 is 4.92 Å². The molecule has 0 bridgehead atoms. The van der Waals surface area contributed by atoms with E-state index in [0.29, 0.717) is 17.8 Å². The topological polar surface area (TPSA) is 106 Å². The van der Waals surface area contributed by atoms with Gasteiger partial charge in [-0.05, 0) is 37.3 Å². The van der Waals surface area contributed by atoms with Gasteiger partial charge in [0.15, 0.2) is 12.3 Å². The van der Waals surface area contributed by atoms with Crippen LogP contribution in [0, 0.1) is 10.1 Å². The maximum atomic E-state index is 12.5. The van der Waals surface area contributed by atoms with Crippen LogP contribution in [0.15, 0.2) is 42.5 Å². The number of Topliss-reactive ketones (excluding diaryl/α,β-unsaturated/α-hetero) is 1. The quantitative estimate of drug-likeness (QED) is 0.401. The molecule has 0 spiro atoms. The first-order valence-corrected chi connectivity index (χ1v) is 9.69. The van der Waals surface area contributed by atoms with Crippen molar-refractivity contribution in [2.75, 3.05) is 50.1 Å². The van der Waals surface area contributed by atoms with Crippen LogP contribution >= 0.6 is 0 Å². The normalized spacial score (nSPS) is 14.3. The Balaban J connectivity index is 1.53. The van der Waals surface area contributed by atoms with Crippen molar-refractivity contribution in [3.05, 3.63) is 58.1 Å². The molecule has 0 radical (unpaired) electrons. The van der Waals surface area contributed by atoms with Crippen LogP contribution in [0.25, 0.3) is 0 Å². The third-order valence-electron chi connectivity index (χ3n) is 5.19. The molecule has 1 fully saturated rings. The Morgan fingerprint density at radius 2 is 1.83 bits per heavy atom. The van der Waals surface area contributed by atoms with Gasteiger partial charge in [0.1, 0.15) is 5.75 Å². The van der Waals surface area contributed by atoms with Gasteiger partial charge in [-0.25, -0.2) is 0 Å². The molecule has 1 saturated heterocycles. The number of ether oxygens (including phenoxy) is 1. The molecular formula is C21H25N4O5+. The van der Waals surface area contributed by atoms with E-state index in [-0.39, 0.29) is 23.1 Å². The van der Waals surface area contributed by atoms with E-state index >= 15 is 0 Å². The van der Waals surface area contributed by atoms with Crippen LogP contribution in [-0.4, -0.2) is 56.4 Å². The molecule has 3 rings (SSSR count). The Bertz CT molecular complexity index is 937. The first-order valence-electron chi connectivity index (χ1n) is 9.69. The standard InChI is InChI=1S/C21H24N4O5/c1-15(26)16-3-5-17(6-4-16)24-11-9-23(10-12-24)14-21(27)22-19-8-7-18(25(28)29)13-20(19)30-2/h3-8,13H,9-12,14H2,1-2H3,(H,22,27)/p+1. The van der Waals surface area contributed by atoms with Crippen LogP contribution in [-0.2, 0) is 4.79 Å². The molecule has 0 atom stereocenters. The van der Waals surface area contributed by atoms with Gasteiger partial charge >= 0.3 is 0 Å². The summed E-state index contributed by atoms with van der Waals surface area (Å²) in [4.78, 5) is 37.6. The number of benzene rings is 2. The average Bonchev–Trinajstić information content (AvgIpc) is 2.74. The summed E-state index contributed by atoms with van der Waals surface area (Å²) < 4.78 is 5.16. The summed E-state index contributed by atoms with van der Waals surface area (Å²) in [6.07, 6.45) is 0. The van der Waals surface area contributed by atoms with Gasteiger partial charge < -0.3 is 19.9 Å². The zero-order valence-corrected chi connectivity index (χ0v) is 17.0. The lowest BCUT2D eigenvalue weighted by molar-refractivity contribution is -0.892. The van der Waals surface area contributed by atoms with Crippen molar-refractivity contribution in [3.8, 4) is 5.75 Å². The fraction of sp³-hybridized carbons (Fsp3) is 0.333. The van der Waals surface area contributed by atoms with Gasteiger partial charge in [-0.2, -0.15) is 0 Å². The highest BCUT2D eigenvalue weighted by molar-refractivity contribution is 5.94. The smallest absolute Gasteiger partial charge is 0.279 e. The number of hydrogen-bond acceptors (Lipinski definition) is 6. The van der Waals surface area contributed by atoms with E-state index in [1.165, 1.54) is 25.3 Å². The molecule has 1 aliphatic heterocycles. The van der Waals surface area contributed by atoms with E-state index in [9.17, 15) is 19.7 Å². The highest BCUT2D eigenvalue weighted by Crippen LogP contribution is 2.28. The lowest BCUT2D eigenvalue weighted by Crippen LogP contribution is -3.15. The summed E-state index contributed by atoms with van der Waals surface area (Å²) in [6.45, 7) is 5.08. The van der Waals surface area contributed by atoms with Gasteiger partial charge in [0.2, 0.25) is 0 Å². The van der Waals surface area contributed by atoms with E-state index in [4.69, 9.17) is 4.74 Å². The highest BCUT2D eigenvalue weighted by Gasteiger charge is 2.23. The Labute approximate surface area is 174 Å². The van der Waals surface area contributed by atoms with Gasteiger partial charge in [-0.1, -0.05) is 0 Å². The number of carbonyl (C=O) groups excluding carboxylic acids is 2. The number of methoxy groups -OCH3 is 1. The zero-order chi connectivity index (χ0) is 21.7. The maximum Gasteiger partial charge on any atom is 0.279 e. The molecule has 0 saturated carbocycles. The number of nitro benzene ring substituents is 1. The number of nitrogens with one attached hydrogen (secondary N) is 2. The summed E-state index contributed by atoms with van der Waals surface area (Å²) in [7, 11) is 1.40. The number of piperazine rings is 1. The van der Waals surface area contributed by atoms with Gasteiger partial charge in [-0.3, -0.25) is 19.7 Å². The number of ketones is 1. The van der Waals surface area contributed by atoms with Crippen molar-refractivity contribution in [1.29, 1.82) is 0 Å². The van der Waals surface area contributed by atoms with E-state index in [1.807, 2.05) is 24.3 Å². The summed E-state index contributed by atoms with van der Waals surface area (Å²) in [5.74, 6) is 0.134. The third kappa shape index (κ3) is 5.12. The fourth-order valence-corrected chi connectivity index (χ4v) is 3.48. The molecule has 0 unspecified atom stereocenters. The first-order chi connectivity index (χ1) is 14.4. The van der Waals surface area contributed by atoms with Crippen molar-refractivity contribution >= 4 is 28.8 Å². The van der Waals surface area contributed by atoms with Gasteiger partial charge in [0.25, 0.3) is 11.6 Å². The number of quaternary nitrogens is 1. The molecule has 2 N–H and O–H groups in total. The van der Waals surface area contributed by atoms with E-state index in [2.05, 4.69) is 10.2 Å². The molecule has 0 aromatic heterocycles. The van der Waals surface area contributed by atoms with Crippen LogP contribution in [0.3, 0.4) is 0 Å².